The number of ether oxygens (including phenoxy) is 1. The van der Waals surface area contributed by atoms with E-state index in [9.17, 15) is 0 Å². The zero-order valence-electron chi connectivity index (χ0n) is 17.5. The molecule has 0 atom stereocenters. The quantitative estimate of drug-likeness (QED) is 0.253. The summed E-state index contributed by atoms with van der Waals surface area (Å²) in [4.78, 5) is 8.80. The average Bonchev–Trinajstić information content (AvgIpc) is 3.25. The van der Waals surface area contributed by atoms with E-state index in [1.54, 1.807) is 6.20 Å². The molecule has 1 aromatic heterocycles. The Morgan fingerprint density at radius 2 is 1.80 bits per heavy atom. The first kappa shape index (κ1) is 23.7. The van der Waals surface area contributed by atoms with Crippen molar-refractivity contribution in [1.29, 1.82) is 0 Å². The second kappa shape index (κ2) is 12.9. The Labute approximate surface area is 195 Å². The first-order valence-corrected chi connectivity index (χ1v) is 10.0. The van der Waals surface area contributed by atoms with Gasteiger partial charge in [-0.15, -0.1) is 24.0 Å². The molecule has 7 heteroatoms. The van der Waals surface area contributed by atoms with Crippen LogP contribution in [0.15, 0.2) is 72.2 Å². The van der Waals surface area contributed by atoms with Crippen LogP contribution in [0.3, 0.4) is 0 Å². The summed E-state index contributed by atoms with van der Waals surface area (Å²) in [6.07, 6.45) is 5.59. The second-order valence-corrected chi connectivity index (χ2v) is 6.64. The van der Waals surface area contributed by atoms with Gasteiger partial charge in [0.25, 0.3) is 0 Å². The van der Waals surface area contributed by atoms with E-state index in [1.807, 2.05) is 37.6 Å². The van der Waals surface area contributed by atoms with Crippen LogP contribution < -0.4 is 15.4 Å². The lowest BCUT2D eigenvalue weighted by atomic mass is 10.1. The van der Waals surface area contributed by atoms with Gasteiger partial charge < -0.3 is 19.9 Å². The summed E-state index contributed by atoms with van der Waals surface area (Å²) in [6, 6.07) is 16.6. The number of imidazole rings is 1. The summed E-state index contributed by atoms with van der Waals surface area (Å²) in [5.41, 5.74) is 3.53. The number of aromatic nitrogens is 2. The van der Waals surface area contributed by atoms with Crippen molar-refractivity contribution in [2.24, 2.45) is 4.99 Å². The number of hydrogen-bond acceptors (Lipinski definition) is 3. The first-order valence-electron chi connectivity index (χ1n) is 10.0. The minimum atomic E-state index is 0. The Morgan fingerprint density at radius 3 is 2.50 bits per heavy atom. The molecule has 0 aliphatic rings. The number of rotatable bonds is 9. The highest BCUT2D eigenvalue weighted by molar-refractivity contribution is 14.0. The van der Waals surface area contributed by atoms with E-state index in [0.717, 1.165) is 30.4 Å². The zero-order valence-corrected chi connectivity index (χ0v) is 19.9. The third-order valence-corrected chi connectivity index (χ3v) is 4.43. The standard InChI is InChI=1S/C23H29N5O.HI/c1-3-25-23(27-16-21-7-5-6-8-22(21)29-4-2)26-15-19-9-11-20(12-10-19)17-28-14-13-24-18-28;/h5-14,18H,3-4,15-17H2,1-2H3,(H2,25,26,27);1H. The molecule has 0 unspecified atom stereocenters. The van der Waals surface area contributed by atoms with E-state index in [1.165, 1.54) is 11.1 Å². The summed E-state index contributed by atoms with van der Waals surface area (Å²) in [7, 11) is 0. The van der Waals surface area contributed by atoms with Crippen LogP contribution in [0, 0.1) is 0 Å². The fourth-order valence-corrected chi connectivity index (χ4v) is 2.98. The van der Waals surface area contributed by atoms with Crippen molar-refractivity contribution in [2.45, 2.75) is 33.5 Å². The SMILES string of the molecule is CCNC(=NCc1ccc(Cn2ccnc2)cc1)NCc1ccccc1OCC.I. The van der Waals surface area contributed by atoms with Crippen LogP contribution in [0.25, 0.3) is 0 Å². The van der Waals surface area contributed by atoms with Gasteiger partial charge >= 0.3 is 0 Å². The van der Waals surface area contributed by atoms with Crippen molar-refractivity contribution >= 4 is 29.9 Å². The molecule has 1 heterocycles. The monoisotopic (exact) mass is 519 g/mol. The Bertz CT molecular complexity index is 894. The van der Waals surface area contributed by atoms with E-state index in [4.69, 9.17) is 9.73 Å². The number of benzene rings is 2. The molecule has 6 nitrogen and oxygen atoms in total. The van der Waals surface area contributed by atoms with Crippen LogP contribution in [-0.4, -0.2) is 28.7 Å². The van der Waals surface area contributed by atoms with E-state index >= 15 is 0 Å². The van der Waals surface area contributed by atoms with Crippen LogP contribution in [0.1, 0.15) is 30.5 Å². The Kier molecular flexibility index (Phi) is 10.2. The lowest BCUT2D eigenvalue weighted by Crippen LogP contribution is -2.36. The highest BCUT2D eigenvalue weighted by Gasteiger charge is 2.04. The summed E-state index contributed by atoms with van der Waals surface area (Å²) in [5.74, 6) is 1.70. The van der Waals surface area contributed by atoms with Crippen molar-refractivity contribution in [1.82, 2.24) is 20.2 Å². The molecule has 3 rings (SSSR count). The van der Waals surface area contributed by atoms with Crippen LogP contribution >= 0.6 is 24.0 Å². The highest BCUT2D eigenvalue weighted by Crippen LogP contribution is 2.17. The number of aliphatic imine (C=N–C) groups is 1. The molecule has 0 saturated carbocycles. The molecule has 0 amide bonds. The van der Waals surface area contributed by atoms with Crippen LogP contribution in [0.4, 0.5) is 0 Å². The molecule has 0 bridgehead atoms. The maximum atomic E-state index is 5.70. The van der Waals surface area contributed by atoms with Gasteiger partial charge in [0.1, 0.15) is 5.75 Å². The van der Waals surface area contributed by atoms with Crippen molar-refractivity contribution in [2.75, 3.05) is 13.2 Å². The minimum Gasteiger partial charge on any atom is -0.494 e. The van der Waals surface area contributed by atoms with E-state index < -0.39 is 0 Å². The third-order valence-electron chi connectivity index (χ3n) is 4.43. The first-order chi connectivity index (χ1) is 14.3. The fraction of sp³-hybridized carbons (Fsp3) is 0.304. The maximum Gasteiger partial charge on any atom is 0.191 e. The predicted octanol–water partition coefficient (Wildman–Crippen LogP) is 4.20. The van der Waals surface area contributed by atoms with E-state index in [2.05, 4.69) is 57.4 Å². The number of para-hydroxylation sites is 1. The number of nitrogens with zero attached hydrogens (tertiary/aromatic N) is 3. The molecule has 3 aromatic rings. The molecular weight excluding hydrogens is 489 g/mol. The smallest absolute Gasteiger partial charge is 0.191 e. The number of nitrogens with one attached hydrogen (secondary N) is 2. The largest absolute Gasteiger partial charge is 0.494 e. The number of hydrogen-bond donors (Lipinski definition) is 2. The minimum absolute atomic E-state index is 0. The Balaban J connectivity index is 0.00000320. The summed E-state index contributed by atoms with van der Waals surface area (Å²) < 4.78 is 7.76. The van der Waals surface area contributed by atoms with Crippen LogP contribution in [0.5, 0.6) is 5.75 Å². The van der Waals surface area contributed by atoms with Crippen LogP contribution in [0.2, 0.25) is 0 Å². The molecule has 0 aliphatic heterocycles. The van der Waals surface area contributed by atoms with Crippen molar-refractivity contribution < 1.29 is 4.74 Å². The Hall–Kier alpha value is -2.55. The van der Waals surface area contributed by atoms with E-state index in [0.29, 0.717) is 19.7 Å². The molecule has 0 fully saturated rings. The van der Waals surface area contributed by atoms with Crippen LogP contribution in [-0.2, 0) is 19.6 Å². The molecule has 0 spiro atoms. The Morgan fingerprint density at radius 1 is 1.03 bits per heavy atom. The zero-order chi connectivity index (χ0) is 20.3. The number of guanidine groups is 1. The van der Waals surface area contributed by atoms with Gasteiger partial charge in [-0.1, -0.05) is 42.5 Å². The van der Waals surface area contributed by atoms with Gasteiger partial charge in [-0.05, 0) is 31.0 Å². The summed E-state index contributed by atoms with van der Waals surface area (Å²) >= 11 is 0. The van der Waals surface area contributed by atoms with E-state index in [-0.39, 0.29) is 24.0 Å². The lowest BCUT2D eigenvalue weighted by Gasteiger charge is -2.14. The summed E-state index contributed by atoms with van der Waals surface area (Å²) in [5, 5.41) is 6.70. The molecule has 30 heavy (non-hydrogen) atoms. The topological polar surface area (TPSA) is 63.5 Å². The normalized spacial score (nSPS) is 10.9. The molecule has 2 N–H and O–H groups in total. The predicted molar refractivity (Wildman–Crippen MR) is 132 cm³/mol. The molecule has 2 aromatic carbocycles. The van der Waals surface area contributed by atoms with Gasteiger partial charge in [-0.3, -0.25) is 0 Å². The van der Waals surface area contributed by atoms with Gasteiger partial charge in [0, 0.05) is 37.6 Å². The van der Waals surface area contributed by atoms with Gasteiger partial charge in [0.15, 0.2) is 5.96 Å². The van der Waals surface area contributed by atoms with Crippen molar-refractivity contribution in [3.63, 3.8) is 0 Å². The van der Waals surface area contributed by atoms with Crippen molar-refractivity contribution in [3.8, 4) is 5.75 Å². The third kappa shape index (κ3) is 7.37. The highest BCUT2D eigenvalue weighted by atomic mass is 127. The van der Waals surface area contributed by atoms with Crippen molar-refractivity contribution in [3.05, 3.63) is 83.9 Å². The molecular formula is C23H30IN5O. The van der Waals surface area contributed by atoms with Gasteiger partial charge in [0.2, 0.25) is 0 Å². The fourth-order valence-electron chi connectivity index (χ4n) is 2.98. The maximum absolute atomic E-state index is 5.70. The lowest BCUT2D eigenvalue weighted by molar-refractivity contribution is 0.336. The summed E-state index contributed by atoms with van der Waals surface area (Å²) in [6.45, 7) is 7.63. The molecule has 0 saturated heterocycles. The second-order valence-electron chi connectivity index (χ2n) is 6.64. The van der Waals surface area contributed by atoms with Gasteiger partial charge in [-0.2, -0.15) is 0 Å². The molecule has 0 radical (unpaired) electrons. The van der Waals surface area contributed by atoms with Gasteiger partial charge in [0.05, 0.1) is 19.5 Å². The molecule has 0 aliphatic carbocycles. The number of halogens is 1. The van der Waals surface area contributed by atoms with Gasteiger partial charge in [-0.25, -0.2) is 9.98 Å². The molecule has 160 valence electrons. The average molecular weight is 519 g/mol.